The summed E-state index contributed by atoms with van der Waals surface area (Å²) in [6.45, 7) is 1.27. The topological polar surface area (TPSA) is 159 Å². The number of ether oxygens (including phenoxy) is 2. The first-order chi connectivity index (χ1) is 17.0. The smallest absolute Gasteiger partial charge is 0.338 e. The summed E-state index contributed by atoms with van der Waals surface area (Å²) in [7, 11) is -2.76. The molecular formula is C24H18N2O9S. The number of esters is 1. The maximum Gasteiger partial charge on any atom is 0.338 e. The molecule has 0 aliphatic carbocycles. The number of nitrogens with one attached hydrogen (secondary N) is 1. The Kier molecular flexibility index (Phi) is 6.29. The number of anilines is 1. The number of fused-ring (bicyclic) bond motifs is 2. The third kappa shape index (κ3) is 4.29. The van der Waals surface area contributed by atoms with E-state index in [4.69, 9.17) is 9.47 Å². The first kappa shape index (κ1) is 24.5. The molecule has 0 bridgehead atoms. The van der Waals surface area contributed by atoms with Crippen LogP contribution in [0.2, 0.25) is 0 Å². The zero-order valence-electron chi connectivity index (χ0n) is 18.9. The summed E-state index contributed by atoms with van der Waals surface area (Å²) >= 11 is 0. The van der Waals surface area contributed by atoms with Crippen molar-refractivity contribution in [3.8, 4) is 5.75 Å². The van der Waals surface area contributed by atoms with Gasteiger partial charge >= 0.3 is 5.97 Å². The standard InChI is InChI=1S/C24H18N2O9S/c1-13(23(28)25-18-12-15(26(30)31)8-10-19(18)34-2)35-24(29)14-7-9-17-21(11-14)36(32,33)20-6-4-3-5-16(20)22(17)27/h3-13H,1-2H3,(H,25,28). The summed E-state index contributed by atoms with van der Waals surface area (Å²) in [4.78, 5) is 47.9. The lowest BCUT2D eigenvalue weighted by Crippen LogP contribution is -2.30. The molecule has 1 N–H and O–H groups in total. The van der Waals surface area contributed by atoms with Gasteiger partial charge in [0.1, 0.15) is 5.75 Å². The molecule has 1 aliphatic heterocycles. The number of hydrogen-bond donors (Lipinski definition) is 1. The molecular weight excluding hydrogens is 492 g/mol. The number of carbonyl (C=O) groups excluding carboxylic acids is 3. The van der Waals surface area contributed by atoms with Gasteiger partial charge in [-0.25, -0.2) is 13.2 Å². The Balaban J connectivity index is 1.55. The molecule has 1 atom stereocenters. The van der Waals surface area contributed by atoms with E-state index in [0.717, 1.165) is 12.1 Å². The Morgan fingerprint density at radius 2 is 1.69 bits per heavy atom. The van der Waals surface area contributed by atoms with Crippen LogP contribution in [-0.4, -0.2) is 44.2 Å². The van der Waals surface area contributed by atoms with Gasteiger partial charge < -0.3 is 14.8 Å². The second-order valence-corrected chi connectivity index (χ2v) is 9.60. The van der Waals surface area contributed by atoms with Crippen LogP contribution in [0, 0.1) is 10.1 Å². The van der Waals surface area contributed by atoms with Gasteiger partial charge in [0.15, 0.2) is 11.9 Å². The fourth-order valence-electron chi connectivity index (χ4n) is 3.64. The molecule has 1 aliphatic rings. The van der Waals surface area contributed by atoms with Crippen molar-refractivity contribution >= 4 is 38.9 Å². The van der Waals surface area contributed by atoms with Crippen LogP contribution < -0.4 is 10.1 Å². The summed E-state index contributed by atoms with van der Waals surface area (Å²) < 4.78 is 36.4. The molecule has 12 heteroatoms. The number of nitro groups is 1. The monoisotopic (exact) mass is 510 g/mol. The fraction of sp³-hybridized carbons (Fsp3) is 0.125. The quantitative estimate of drug-likeness (QED) is 0.233. The molecule has 3 aromatic carbocycles. The number of hydrogen-bond acceptors (Lipinski definition) is 9. The Bertz CT molecular complexity index is 1550. The molecule has 3 aromatic rings. The third-order valence-electron chi connectivity index (χ3n) is 5.48. The molecule has 0 radical (unpaired) electrons. The number of amides is 1. The van der Waals surface area contributed by atoms with Crippen LogP contribution in [-0.2, 0) is 19.4 Å². The number of non-ortho nitro benzene ring substituents is 1. The van der Waals surface area contributed by atoms with Crippen molar-refractivity contribution < 1.29 is 37.2 Å². The van der Waals surface area contributed by atoms with Crippen molar-refractivity contribution in [1.29, 1.82) is 0 Å². The largest absolute Gasteiger partial charge is 0.495 e. The van der Waals surface area contributed by atoms with Gasteiger partial charge in [0.05, 0.1) is 33.1 Å². The highest BCUT2D eigenvalue weighted by Crippen LogP contribution is 2.35. The van der Waals surface area contributed by atoms with Gasteiger partial charge in [-0.2, -0.15) is 0 Å². The van der Waals surface area contributed by atoms with Crippen molar-refractivity contribution in [2.45, 2.75) is 22.8 Å². The highest BCUT2D eigenvalue weighted by Gasteiger charge is 2.35. The number of rotatable bonds is 6. The summed E-state index contributed by atoms with van der Waals surface area (Å²) in [6, 6.07) is 12.9. The molecule has 1 heterocycles. The molecule has 0 fully saturated rings. The molecule has 0 saturated carbocycles. The molecule has 1 amide bonds. The van der Waals surface area contributed by atoms with Crippen LogP contribution in [0.4, 0.5) is 11.4 Å². The average molecular weight is 510 g/mol. The van der Waals surface area contributed by atoms with Crippen LogP contribution in [0.15, 0.2) is 70.5 Å². The number of methoxy groups -OCH3 is 1. The lowest BCUT2D eigenvalue weighted by atomic mass is 10.0. The predicted octanol–water partition coefficient (Wildman–Crippen LogP) is 3.16. The fourth-order valence-corrected chi connectivity index (χ4v) is 5.31. The van der Waals surface area contributed by atoms with Crippen LogP contribution >= 0.6 is 0 Å². The number of carbonyl (C=O) groups is 3. The van der Waals surface area contributed by atoms with Crippen molar-refractivity contribution in [2.75, 3.05) is 12.4 Å². The maximum absolute atomic E-state index is 13.1. The first-order valence-electron chi connectivity index (χ1n) is 10.4. The van der Waals surface area contributed by atoms with E-state index < -0.39 is 38.5 Å². The maximum atomic E-state index is 13.1. The van der Waals surface area contributed by atoms with E-state index in [9.17, 15) is 32.9 Å². The van der Waals surface area contributed by atoms with E-state index in [-0.39, 0.29) is 43.6 Å². The van der Waals surface area contributed by atoms with Crippen LogP contribution in [0.1, 0.15) is 33.2 Å². The van der Waals surface area contributed by atoms with Gasteiger partial charge in [0.25, 0.3) is 11.6 Å². The Morgan fingerprint density at radius 1 is 1.00 bits per heavy atom. The van der Waals surface area contributed by atoms with Gasteiger partial charge in [0, 0.05) is 23.3 Å². The van der Waals surface area contributed by atoms with Gasteiger partial charge in [-0.1, -0.05) is 12.1 Å². The molecule has 0 spiro atoms. The number of benzene rings is 3. The van der Waals surface area contributed by atoms with E-state index in [1.165, 1.54) is 56.5 Å². The highest BCUT2D eigenvalue weighted by molar-refractivity contribution is 7.91. The van der Waals surface area contributed by atoms with E-state index >= 15 is 0 Å². The molecule has 0 saturated heterocycles. The SMILES string of the molecule is COc1ccc([N+](=O)[O-])cc1NC(=O)C(C)OC(=O)c1ccc2c(c1)S(=O)(=O)c1ccccc1C2=O. The van der Waals surface area contributed by atoms with E-state index in [0.29, 0.717) is 0 Å². The second kappa shape index (κ2) is 9.23. The minimum Gasteiger partial charge on any atom is -0.495 e. The zero-order chi connectivity index (χ0) is 26.2. The van der Waals surface area contributed by atoms with Gasteiger partial charge in [-0.05, 0) is 43.3 Å². The van der Waals surface area contributed by atoms with Crippen molar-refractivity contribution in [1.82, 2.24) is 0 Å². The second-order valence-electron chi connectivity index (χ2n) is 7.72. The van der Waals surface area contributed by atoms with Crippen molar-refractivity contribution in [3.63, 3.8) is 0 Å². The number of sulfone groups is 1. The van der Waals surface area contributed by atoms with Crippen LogP contribution in [0.3, 0.4) is 0 Å². The van der Waals surface area contributed by atoms with E-state index in [2.05, 4.69) is 5.32 Å². The minimum absolute atomic E-state index is 0.00310. The van der Waals surface area contributed by atoms with Gasteiger partial charge in [-0.15, -0.1) is 0 Å². The summed E-state index contributed by atoms with van der Waals surface area (Å²) in [6.07, 6.45) is -1.36. The predicted molar refractivity (Wildman–Crippen MR) is 125 cm³/mol. The van der Waals surface area contributed by atoms with E-state index in [1.807, 2.05) is 0 Å². The summed E-state index contributed by atoms with van der Waals surface area (Å²) in [5.74, 6) is -2.16. The minimum atomic E-state index is -4.07. The molecule has 11 nitrogen and oxygen atoms in total. The average Bonchev–Trinajstić information content (AvgIpc) is 2.87. The first-order valence-corrected chi connectivity index (χ1v) is 11.9. The summed E-state index contributed by atoms with van der Waals surface area (Å²) in [5, 5.41) is 13.4. The van der Waals surface area contributed by atoms with E-state index in [1.54, 1.807) is 6.07 Å². The molecule has 36 heavy (non-hydrogen) atoms. The lowest BCUT2D eigenvalue weighted by Gasteiger charge is -2.19. The molecule has 184 valence electrons. The summed E-state index contributed by atoms with van der Waals surface area (Å²) in [5.41, 5.74) is -0.508. The Labute approximate surface area is 204 Å². The van der Waals surface area contributed by atoms with Gasteiger partial charge in [0.2, 0.25) is 9.84 Å². The molecule has 4 rings (SSSR count). The number of nitro benzene ring substituents is 1. The molecule has 0 aromatic heterocycles. The normalized spacial score (nSPS) is 14.1. The number of ketones is 1. The highest BCUT2D eigenvalue weighted by atomic mass is 32.2. The van der Waals surface area contributed by atoms with Crippen LogP contribution in [0.5, 0.6) is 5.75 Å². The number of nitrogens with zero attached hydrogens (tertiary/aromatic N) is 1. The van der Waals surface area contributed by atoms with Gasteiger partial charge in [-0.3, -0.25) is 19.7 Å². The Hall–Kier alpha value is -4.58. The van der Waals surface area contributed by atoms with Crippen molar-refractivity contribution in [2.24, 2.45) is 0 Å². The third-order valence-corrected chi connectivity index (χ3v) is 7.33. The zero-order valence-corrected chi connectivity index (χ0v) is 19.7. The molecule has 1 unspecified atom stereocenters. The lowest BCUT2D eigenvalue weighted by molar-refractivity contribution is -0.384. The Morgan fingerprint density at radius 3 is 2.39 bits per heavy atom. The van der Waals surface area contributed by atoms with Crippen LogP contribution in [0.25, 0.3) is 0 Å². The van der Waals surface area contributed by atoms with Crippen molar-refractivity contribution in [3.05, 3.63) is 87.5 Å².